The third-order valence-corrected chi connectivity index (χ3v) is 3.25. The van der Waals surface area contributed by atoms with Crippen LogP contribution in [0.3, 0.4) is 0 Å². The van der Waals surface area contributed by atoms with E-state index in [4.69, 9.17) is 0 Å². The van der Waals surface area contributed by atoms with Crippen LogP contribution in [0.25, 0.3) is 0 Å². The second-order valence-corrected chi connectivity index (χ2v) is 4.65. The van der Waals surface area contributed by atoms with Crippen LogP contribution in [0.15, 0.2) is 30.5 Å². The van der Waals surface area contributed by atoms with Crippen molar-refractivity contribution in [1.82, 2.24) is 14.9 Å². The van der Waals surface area contributed by atoms with Crippen LogP contribution >= 0.6 is 11.5 Å². The number of amides is 1. The van der Waals surface area contributed by atoms with Crippen molar-refractivity contribution < 1.29 is 9.90 Å². The fourth-order valence-corrected chi connectivity index (χ4v) is 2.05. The zero-order valence-electron chi connectivity index (χ0n) is 9.83. The van der Waals surface area contributed by atoms with Crippen LogP contribution in [0.2, 0.25) is 0 Å². The van der Waals surface area contributed by atoms with Crippen molar-refractivity contribution in [3.05, 3.63) is 46.5 Å². The van der Waals surface area contributed by atoms with Gasteiger partial charge in [-0.15, -0.1) is 5.10 Å². The summed E-state index contributed by atoms with van der Waals surface area (Å²) in [6.45, 7) is 2.09. The maximum Gasteiger partial charge on any atom is 0.264 e. The van der Waals surface area contributed by atoms with Crippen molar-refractivity contribution in [1.29, 1.82) is 0 Å². The summed E-state index contributed by atoms with van der Waals surface area (Å²) in [6, 6.07) is 7.54. The van der Waals surface area contributed by atoms with Crippen molar-refractivity contribution in [3.8, 4) is 0 Å². The molecule has 94 valence electrons. The summed E-state index contributed by atoms with van der Waals surface area (Å²) < 4.78 is 3.61. The highest BCUT2D eigenvalue weighted by Gasteiger charge is 2.13. The van der Waals surface area contributed by atoms with Crippen LogP contribution in [0, 0.1) is 6.92 Å². The van der Waals surface area contributed by atoms with Crippen LogP contribution in [0.1, 0.15) is 26.9 Å². The Morgan fingerprint density at radius 1 is 1.50 bits per heavy atom. The number of hydrogen-bond acceptors (Lipinski definition) is 5. The first kappa shape index (κ1) is 12.7. The number of carbonyl (C=O) groups is 1. The first-order valence-corrected chi connectivity index (χ1v) is 6.25. The Balaban J connectivity index is 1.95. The van der Waals surface area contributed by atoms with E-state index in [1.54, 1.807) is 0 Å². The van der Waals surface area contributed by atoms with E-state index in [2.05, 4.69) is 14.9 Å². The molecule has 5 nitrogen and oxygen atoms in total. The van der Waals surface area contributed by atoms with E-state index in [0.29, 0.717) is 4.88 Å². The predicted octanol–water partition coefficient (Wildman–Crippen LogP) is 1.31. The summed E-state index contributed by atoms with van der Waals surface area (Å²) in [5.74, 6) is -0.266. The molecule has 0 bridgehead atoms. The summed E-state index contributed by atoms with van der Waals surface area (Å²) in [4.78, 5) is 12.1. The lowest BCUT2D eigenvalue weighted by molar-refractivity contribution is 0.0919. The number of aliphatic hydroxyl groups excluding tert-OH is 1. The van der Waals surface area contributed by atoms with Crippen LogP contribution in [-0.4, -0.2) is 27.1 Å². The standard InChI is InChI=1S/C12H13N3O2S/c1-8-4-2-3-5-9(8)10(16)6-13-12(17)11-7-14-15-18-11/h2-5,7,10,16H,6H2,1H3,(H,13,17). The van der Waals surface area contributed by atoms with Gasteiger partial charge in [0.1, 0.15) is 4.88 Å². The van der Waals surface area contributed by atoms with E-state index < -0.39 is 6.10 Å². The Morgan fingerprint density at radius 2 is 2.28 bits per heavy atom. The van der Waals surface area contributed by atoms with Gasteiger partial charge >= 0.3 is 0 Å². The quantitative estimate of drug-likeness (QED) is 0.872. The van der Waals surface area contributed by atoms with Crippen LogP contribution in [-0.2, 0) is 0 Å². The number of aryl methyl sites for hydroxylation is 1. The molecule has 1 unspecified atom stereocenters. The fourth-order valence-electron chi connectivity index (χ4n) is 1.61. The molecule has 0 saturated carbocycles. The van der Waals surface area contributed by atoms with Gasteiger partial charge in [-0.25, -0.2) is 0 Å². The summed E-state index contributed by atoms with van der Waals surface area (Å²) in [5, 5.41) is 16.2. The zero-order chi connectivity index (χ0) is 13.0. The van der Waals surface area contributed by atoms with Gasteiger partial charge in [-0.2, -0.15) is 0 Å². The van der Waals surface area contributed by atoms with Crippen LogP contribution < -0.4 is 5.32 Å². The number of rotatable bonds is 4. The molecule has 2 rings (SSSR count). The molecule has 0 aliphatic carbocycles. The van der Waals surface area contributed by atoms with Crippen LogP contribution in [0.5, 0.6) is 0 Å². The predicted molar refractivity (Wildman–Crippen MR) is 68.4 cm³/mol. The van der Waals surface area contributed by atoms with Gasteiger partial charge in [0.25, 0.3) is 5.91 Å². The molecule has 2 aromatic rings. The minimum atomic E-state index is -0.712. The monoisotopic (exact) mass is 263 g/mol. The lowest BCUT2D eigenvalue weighted by Gasteiger charge is -2.13. The van der Waals surface area contributed by atoms with Crippen molar-refractivity contribution >= 4 is 17.4 Å². The number of benzene rings is 1. The third kappa shape index (κ3) is 2.91. The highest BCUT2D eigenvalue weighted by Crippen LogP contribution is 2.16. The maximum absolute atomic E-state index is 11.6. The minimum absolute atomic E-state index is 0.168. The van der Waals surface area contributed by atoms with Gasteiger partial charge in [0.05, 0.1) is 12.3 Å². The molecule has 0 radical (unpaired) electrons. The molecule has 0 aliphatic rings. The molecule has 1 amide bonds. The Hall–Kier alpha value is -1.79. The van der Waals surface area contributed by atoms with Crippen molar-refractivity contribution in [2.45, 2.75) is 13.0 Å². The first-order valence-electron chi connectivity index (χ1n) is 5.47. The molecule has 2 N–H and O–H groups in total. The average molecular weight is 263 g/mol. The van der Waals surface area contributed by atoms with Gasteiger partial charge in [-0.05, 0) is 29.6 Å². The Bertz CT molecular complexity index is 528. The molecule has 1 aromatic carbocycles. The van der Waals surface area contributed by atoms with Gasteiger partial charge in [0.2, 0.25) is 0 Å². The molecular formula is C12H13N3O2S. The highest BCUT2D eigenvalue weighted by molar-refractivity contribution is 7.07. The van der Waals surface area contributed by atoms with Gasteiger partial charge < -0.3 is 10.4 Å². The molecule has 0 fully saturated rings. The Morgan fingerprint density at radius 3 is 2.94 bits per heavy atom. The average Bonchev–Trinajstić information content (AvgIpc) is 2.90. The normalized spacial score (nSPS) is 12.1. The molecule has 0 saturated heterocycles. The number of aliphatic hydroxyl groups is 1. The molecule has 1 heterocycles. The van der Waals surface area contributed by atoms with E-state index in [9.17, 15) is 9.90 Å². The summed E-state index contributed by atoms with van der Waals surface area (Å²) in [5.41, 5.74) is 1.82. The van der Waals surface area contributed by atoms with Crippen molar-refractivity contribution in [2.24, 2.45) is 0 Å². The summed E-state index contributed by atoms with van der Waals surface area (Å²) in [6.07, 6.45) is 0.691. The largest absolute Gasteiger partial charge is 0.387 e. The number of carbonyl (C=O) groups excluding carboxylic acids is 1. The van der Waals surface area contributed by atoms with E-state index in [1.807, 2.05) is 31.2 Å². The molecule has 1 aromatic heterocycles. The van der Waals surface area contributed by atoms with Gasteiger partial charge in [-0.3, -0.25) is 4.79 Å². The van der Waals surface area contributed by atoms with E-state index in [-0.39, 0.29) is 12.5 Å². The molecule has 0 spiro atoms. The second-order valence-electron chi connectivity index (χ2n) is 3.86. The summed E-state index contributed by atoms with van der Waals surface area (Å²) in [7, 11) is 0. The minimum Gasteiger partial charge on any atom is -0.387 e. The van der Waals surface area contributed by atoms with Gasteiger partial charge in [-0.1, -0.05) is 28.8 Å². The SMILES string of the molecule is Cc1ccccc1C(O)CNC(=O)c1cnns1. The zero-order valence-corrected chi connectivity index (χ0v) is 10.6. The van der Waals surface area contributed by atoms with E-state index >= 15 is 0 Å². The van der Waals surface area contributed by atoms with Crippen molar-refractivity contribution in [2.75, 3.05) is 6.54 Å². The fraction of sp³-hybridized carbons (Fsp3) is 0.250. The lowest BCUT2D eigenvalue weighted by Crippen LogP contribution is -2.28. The Kier molecular flexibility index (Phi) is 4.01. The van der Waals surface area contributed by atoms with E-state index in [0.717, 1.165) is 22.7 Å². The Labute approximate surface area is 109 Å². The van der Waals surface area contributed by atoms with Gasteiger partial charge in [0, 0.05) is 6.54 Å². The number of hydrogen-bond donors (Lipinski definition) is 2. The second kappa shape index (κ2) is 5.70. The number of aromatic nitrogens is 2. The van der Waals surface area contributed by atoms with Crippen LogP contribution in [0.4, 0.5) is 0 Å². The van der Waals surface area contributed by atoms with Crippen molar-refractivity contribution in [3.63, 3.8) is 0 Å². The summed E-state index contributed by atoms with van der Waals surface area (Å²) >= 11 is 1.03. The smallest absolute Gasteiger partial charge is 0.264 e. The molecule has 0 aliphatic heterocycles. The lowest BCUT2D eigenvalue weighted by atomic mass is 10.0. The molecule has 6 heteroatoms. The number of nitrogens with zero attached hydrogens (tertiary/aromatic N) is 2. The van der Waals surface area contributed by atoms with Gasteiger partial charge in [0.15, 0.2) is 0 Å². The van der Waals surface area contributed by atoms with E-state index in [1.165, 1.54) is 6.20 Å². The molecule has 1 atom stereocenters. The first-order chi connectivity index (χ1) is 8.68. The molecular weight excluding hydrogens is 250 g/mol. The number of nitrogens with one attached hydrogen (secondary N) is 1. The maximum atomic E-state index is 11.6. The molecule has 18 heavy (non-hydrogen) atoms. The topological polar surface area (TPSA) is 75.1 Å². The third-order valence-electron chi connectivity index (χ3n) is 2.59. The highest BCUT2D eigenvalue weighted by atomic mass is 32.1.